The fraction of sp³-hybridized carbons (Fsp3) is 0.0312. The van der Waals surface area contributed by atoms with Crippen molar-refractivity contribution in [3.05, 3.63) is 192 Å². The van der Waals surface area contributed by atoms with Gasteiger partial charge in [-0.3, -0.25) is 0 Å². The van der Waals surface area contributed by atoms with Crippen LogP contribution in [-0.2, 0) is 0 Å². The van der Waals surface area contributed by atoms with Crippen molar-refractivity contribution in [3.8, 4) is 66.8 Å². The second-order valence-corrected chi connectivity index (χ2v) is 21.3. The largest absolute Gasteiger partial charge is 0.141 e. The van der Waals surface area contributed by atoms with Crippen LogP contribution in [0.15, 0.2) is 182 Å². The van der Waals surface area contributed by atoms with Crippen LogP contribution in [0.5, 0.6) is 0 Å². The van der Waals surface area contributed by atoms with E-state index in [0.29, 0.717) is 0 Å². The van der Waals surface area contributed by atoms with Crippen molar-refractivity contribution in [2.75, 3.05) is 0 Å². The van der Waals surface area contributed by atoms with Gasteiger partial charge in [-0.2, -0.15) is 0 Å². The van der Waals surface area contributed by atoms with Crippen LogP contribution in [0.2, 0.25) is 0 Å². The smallest absolute Gasteiger partial charge is 0.0345 e. The fourth-order valence-electron chi connectivity index (χ4n) is 12.6. The molecule has 0 saturated carbocycles. The third-order valence-electron chi connectivity index (χ3n) is 15.2. The van der Waals surface area contributed by atoms with Crippen LogP contribution >= 0.6 is 22.7 Å². The summed E-state index contributed by atoms with van der Waals surface area (Å²) in [5, 5.41) is 21.0. The van der Waals surface area contributed by atoms with Gasteiger partial charge in [0.2, 0.25) is 0 Å². The molecule has 0 nitrogen and oxygen atoms in total. The summed E-state index contributed by atoms with van der Waals surface area (Å²) in [6.07, 6.45) is 0. The zero-order valence-corrected chi connectivity index (χ0v) is 37.8. The van der Waals surface area contributed by atoms with Crippen molar-refractivity contribution in [2.45, 2.75) is 13.8 Å². The van der Waals surface area contributed by atoms with Gasteiger partial charge in [0.05, 0.1) is 0 Å². The van der Waals surface area contributed by atoms with Gasteiger partial charge in [-0.15, -0.1) is 22.7 Å². The summed E-state index contributed by atoms with van der Waals surface area (Å²) in [6.45, 7) is 4.46. The normalized spacial score (nSPS) is 12.7. The van der Waals surface area contributed by atoms with Gasteiger partial charge in [0, 0.05) is 19.2 Å². The molecule has 0 atom stereocenters. The molecule has 0 amide bonds. The van der Waals surface area contributed by atoms with Crippen molar-refractivity contribution < 1.29 is 0 Å². The van der Waals surface area contributed by atoms with Crippen LogP contribution in [0.25, 0.3) is 162 Å². The fourth-order valence-corrected chi connectivity index (χ4v) is 14.4. The quantitative estimate of drug-likeness (QED) is 0.152. The van der Waals surface area contributed by atoms with Gasteiger partial charge in [-0.1, -0.05) is 121 Å². The number of rotatable bonds is 2. The van der Waals surface area contributed by atoms with E-state index in [1.807, 2.05) is 22.7 Å². The van der Waals surface area contributed by atoms with Crippen molar-refractivity contribution in [3.63, 3.8) is 0 Å². The average Bonchev–Trinajstić information content (AvgIpc) is 4.10. The summed E-state index contributed by atoms with van der Waals surface area (Å²) in [4.78, 5) is 2.68. The van der Waals surface area contributed by atoms with Gasteiger partial charge >= 0.3 is 0 Å². The first-order chi connectivity index (χ1) is 32.5. The SMILES string of the molecule is Cc1cc2cc(-c3c4c(c(-c5ccc6sc(C)cc6c5)c5c3ccc3c6cc7c(cc6ccc35)-c3cc5ccccc5c5cccc-7c35)-c3cccc5c3c-4cc3ccccc35)ccc2s1. The minimum atomic E-state index is 1.27. The highest BCUT2D eigenvalue weighted by Crippen LogP contribution is 2.60. The van der Waals surface area contributed by atoms with E-state index in [4.69, 9.17) is 0 Å². The Morgan fingerprint density at radius 3 is 1.48 bits per heavy atom. The van der Waals surface area contributed by atoms with E-state index < -0.39 is 0 Å². The predicted octanol–water partition coefficient (Wildman–Crippen LogP) is 19.4. The molecule has 0 fully saturated rings. The Bertz CT molecular complexity index is 4590. The molecule has 16 rings (SSSR count). The Balaban J connectivity index is 1.09. The lowest BCUT2D eigenvalue weighted by molar-refractivity contribution is 1.64. The maximum absolute atomic E-state index is 2.52. The molecular weight excluding hydrogens is 833 g/mol. The Morgan fingerprint density at radius 1 is 0.258 bits per heavy atom. The Hall–Kier alpha value is -7.62. The van der Waals surface area contributed by atoms with Gasteiger partial charge in [0.1, 0.15) is 0 Å². The Morgan fingerprint density at radius 2 is 0.773 bits per heavy atom. The van der Waals surface area contributed by atoms with E-state index in [-0.39, 0.29) is 0 Å². The Labute approximate surface area is 388 Å². The van der Waals surface area contributed by atoms with Gasteiger partial charge in [0.15, 0.2) is 0 Å². The molecule has 14 aromatic rings. The van der Waals surface area contributed by atoms with Crippen LogP contribution in [0.1, 0.15) is 9.75 Å². The van der Waals surface area contributed by atoms with Crippen LogP contribution < -0.4 is 0 Å². The van der Waals surface area contributed by atoms with Crippen molar-refractivity contribution in [1.82, 2.24) is 0 Å². The summed E-state index contributed by atoms with van der Waals surface area (Å²) in [7, 11) is 0. The highest BCUT2D eigenvalue weighted by atomic mass is 32.1. The average molecular weight is 869 g/mol. The van der Waals surface area contributed by atoms with Gasteiger partial charge in [-0.05, 0) is 227 Å². The molecule has 2 aliphatic carbocycles. The number of hydrogen-bond donors (Lipinski definition) is 0. The van der Waals surface area contributed by atoms with Gasteiger partial charge in [0.25, 0.3) is 0 Å². The lowest BCUT2D eigenvalue weighted by Crippen LogP contribution is -1.95. The van der Waals surface area contributed by atoms with Crippen LogP contribution in [0.3, 0.4) is 0 Å². The maximum atomic E-state index is 2.52. The maximum Gasteiger partial charge on any atom is 0.0345 e. The summed E-state index contributed by atoms with van der Waals surface area (Å²) < 4.78 is 2.67. The molecule has 12 aromatic carbocycles. The highest BCUT2D eigenvalue weighted by Gasteiger charge is 2.33. The van der Waals surface area contributed by atoms with Gasteiger partial charge < -0.3 is 0 Å². The molecular formula is C64H36S2. The summed E-state index contributed by atoms with van der Waals surface area (Å²) >= 11 is 3.76. The van der Waals surface area contributed by atoms with E-state index in [2.05, 4.69) is 196 Å². The first-order valence-corrected chi connectivity index (χ1v) is 24.6. The minimum absolute atomic E-state index is 1.27. The topological polar surface area (TPSA) is 0 Å². The molecule has 304 valence electrons. The molecule has 0 saturated heterocycles. The highest BCUT2D eigenvalue weighted by molar-refractivity contribution is 7.19. The molecule has 66 heavy (non-hydrogen) atoms. The molecule has 0 radical (unpaired) electrons. The van der Waals surface area contributed by atoms with Crippen LogP contribution in [0.4, 0.5) is 0 Å². The molecule has 2 heterocycles. The van der Waals surface area contributed by atoms with Crippen LogP contribution in [-0.4, -0.2) is 0 Å². The molecule has 2 aliphatic rings. The second kappa shape index (κ2) is 12.6. The van der Waals surface area contributed by atoms with E-state index in [1.165, 1.54) is 172 Å². The number of fused-ring (bicyclic) bond motifs is 17. The van der Waals surface area contributed by atoms with Crippen LogP contribution in [0, 0.1) is 13.8 Å². The molecule has 2 heteroatoms. The van der Waals surface area contributed by atoms with Gasteiger partial charge in [-0.25, -0.2) is 0 Å². The number of benzene rings is 12. The standard InChI is InChI=1S/C64H36S2/c1-33-25-40-27-38(18-23-56(40)65-33)58-50-22-21-44-48(20-17-37-29-52-53(32-51(37)44)47-15-7-13-45-42-11-5-3-9-35(42)30-54(52)60(45)47)62(50)59(39-19-24-57-41(28-39)26-34(2)66-57)63-49-16-8-14-46-43-12-6-4-10-36(43)31-55(61(46)49)64(58)63/h3-32H,1-2H3. The molecule has 0 N–H and O–H groups in total. The molecule has 0 aliphatic heterocycles. The third-order valence-corrected chi connectivity index (χ3v) is 17.2. The first kappa shape index (κ1) is 35.7. The zero-order valence-electron chi connectivity index (χ0n) is 36.1. The minimum Gasteiger partial charge on any atom is -0.141 e. The number of aryl methyl sites for hydroxylation is 2. The monoisotopic (exact) mass is 868 g/mol. The first-order valence-electron chi connectivity index (χ1n) is 23.0. The zero-order chi connectivity index (χ0) is 43.1. The Kier molecular flexibility index (Phi) is 6.81. The summed E-state index contributed by atoms with van der Waals surface area (Å²) in [5.74, 6) is 0. The van der Waals surface area contributed by atoms with Crippen molar-refractivity contribution in [2.24, 2.45) is 0 Å². The molecule has 0 unspecified atom stereocenters. The lowest BCUT2D eigenvalue weighted by Gasteiger charge is -2.22. The summed E-state index contributed by atoms with van der Waals surface area (Å²) in [6, 6.07) is 70.6. The number of thiophene rings is 2. The third kappa shape index (κ3) is 4.58. The predicted molar refractivity (Wildman–Crippen MR) is 289 cm³/mol. The number of hydrogen-bond acceptors (Lipinski definition) is 2. The van der Waals surface area contributed by atoms with Crippen molar-refractivity contribution in [1.29, 1.82) is 0 Å². The van der Waals surface area contributed by atoms with E-state index >= 15 is 0 Å². The van der Waals surface area contributed by atoms with E-state index in [9.17, 15) is 0 Å². The summed E-state index contributed by atoms with van der Waals surface area (Å²) in [5.41, 5.74) is 15.9. The van der Waals surface area contributed by atoms with Crippen molar-refractivity contribution >= 4 is 118 Å². The lowest BCUT2D eigenvalue weighted by atomic mass is 9.80. The molecule has 0 spiro atoms. The molecule has 0 bridgehead atoms. The van der Waals surface area contributed by atoms with E-state index in [1.54, 1.807) is 0 Å². The second-order valence-electron chi connectivity index (χ2n) is 18.7. The molecule has 2 aromatic heterocycles. The van der Waals surface area contributed by atoms with E-state index in [0.717, 1.165) is 0 Å².